The summed E-state index contributed by atoms with van der Waals surface area (Å²) in [6.07, 6.45) is -10.9. The number of alkyl halides is 6. The van der Waals surface area contributed by atoms with Crippen molar-refractivity contribution in [2.24, 2.45) is 5.41 Å². The van der Waals surface area contributed by atoms with Crippen LogP contribution < -0.4 is 13.8 Å². The Morgan fingerprint density at radius 2 is 1.63 bits per heavy atom. The van der Waals surface area contributed by atoms with E-state index in [0.29, 0.717) is 6.07 Å². The minimum absolute atomic E-state index is 0.00978. The zero-order chi connectivity index (χ0) is 30.4. The molecule has 0 amide bonds. The molecule has 7 nitrogen and oxygen atoms in total. The first kappa shape index (κ1) is 30.0. The van der Waals surface area contributed by atoms with Crippen LogP contribution in [0.15, 0.2) is 71.6 Å². The number of carboxylic acids is 1. The molecule has 0 aliphatic carbocycles. The van der Waals surface area contributed by atoms with Crippen molar-refractivity contribution in [3.05, 3.63) is 72.3 Å². The van der Waals surface area contributed by atoms with Gasteiger partial charge >= 0.3 is 18.5 Å². The number of halogens is 6. The number of ether oxygens (including phenoxy) is 2. The standard InChI is InChI=1S/C27H23F6NO6S/c1-25(2,24(35)36)14-20-15-34(41(37,38)21-8-4-6-18(13-21)26(28,29)30)22-12-17(9-10-23(22)39-20)16-5-3-7-19(11-16)40-27(31,32)33/h3-13,20H,14-15H2,1-2H3,(H,35,36). The van der Waals surface area contributed by atoms with Gasteiger partial charge in [0.05, 0.1) is 28.1 Å². The van der Waals surface area contributed by atoms with Crippen molar-refractivity contribution >= 4 is 21.7 Å². The van der Waals surface area contributed by atoms with Gasteiger partial charge in [0.15, 0.2) is 0 Å². The number of nitrogens with zero attached hydrogens (tertiary/aromatic N) is 1. The summed E-state index contributed by atoms with van der Waals surface area (Å²) in [6.45, 7) is 2.39. The van der Waals surface area contributed by atoms with Crippen molar-refractivity contribution in [2.45, 2.75) is 43.8 Å². The van der Waals surface area contributed by atoms with Gasteiger partial charge in [0.1, 0.15) is 17.6 Å². The molecule has 0 bridgehead atoms. The maximum atomic E-state index is 13.8. The molecule has 0 fully saturated rings. The molecule has 0 spiro atoms. The molecule has 0 saturated carbocycles. The van der Waals surface area contributed by atoms with E-state index < -0.39 is 62.8 Å². The number of rotatable bonds is 7. The van der Waals surface area contributed by atoms with Crippen LogP contribution in [0.2, 0.25) is 0 Å². The summed E-state index contributed by atoms with van der Waals surface area (Å²) in [7, 11) is -4.67. The second kappa shape index (κ2) is 10.5. The summed E-state index contributed by atoms with van der Waals surface area (Å²) in [5, 5.41) is 9.56. The minimum Gasteiger partial charge on any atom is -0.486 e. The summed E-state index contributed by atoms with van der Waals surface area (Å²) in [4.78, 5) is 11.0. The highest BCUT2D eigenvalue weighted by atomic mass is 32.2. The van der Waals surface area contributed by atoms with Crippen LogP contribution in [-0.4, -0.2) is 38.5 Å². The third kappa shape index (κ3) is 6.69. The third-order valence-electron chi connectivity index (χ3n) is 6.36. The van der Waals surface area contributed by atoms with E-state index in [1.165, 1.54) is 44.2 Å². The molecular formula is C27H23F6NO6S. The average Bonchev–Trinajstić information content (AvgIpc) is 2.86. The number of carboxylic acid groups (broad SMARTS) is 1. The van der Waals surface area contributed by atoms with E-state index in [9.17, 15) is 44.7 Å². The number of fused-ring (bicyclic) bond motifs is 1. The number of hydrogen-bond donors (Lipinski definition) is 1. The Balaban J connectivity index is 1.82. The molecule has 1 unspecified atom stereocenters. The summed E-state index contributed by atoms with van der Waals surface area (Å²) in [5.41, 5.74) is -2.14. The Labute approximate surface area is 231 Å². The molecule has 3 aromatic rings. The highest BCUT2D eigenvalue weighted by Crippen LogP contribution is 2.43. The lowest BCUT2D eigenvalue weighted by molar-refractivity contribution is -0.274. The predicted octanol–water partition coefficient (Wildman–Crippen LogP) is 6.73. The highest BCUT2D eigenvalue weighted by molar-refractivity contribution is 7.92. The van der Waals surface area contributed by atoms with Crippen LogP contribution in [0.25, 0.3) is 11.1 Å². The van der Waals surface area contributed by atoms with E-state index in [1.807, 2.05) is 0 Å². The van der Waals surface area contributed by atoms with Crippen LogP contribution >= 0.6 is 0 Å². The van der Waals surface area contributed by atoms with Gasteiger partial charge in [-0.05, 0) is 67.4 Å². The van der Waals surface area contributed by atoms with Crippen LogP contribution in [-0.2, 0) is 21.0 Å². The number of anilines is 1. The lowest BCUT2D eigenvalue weighted by Gasteiger charge is -2.38. The Kier molecular flexibility index (Phi) is 7.67. The first-order valence-electron chi connectivity index (χ1n) is 12.0. The molecule has 1 aliphatic rings. The molecule has 4 rings (SSSR count). The molecule has 0 saturated heterocycles. The van der Waals surface area contributed by atoms with Crippen LogP contribution in [0.3, 0.4) is 0 Å². The SMILES string of the molecule is CC(C)(CC1CN(S(=O)(=O)c2cccc(C(F)(F)F)c2)c2cc(-c3cccc(OC(F)(F)F)c3)ccc2O1)C(=O)O. The average molecular weight is 604 g/mol. The van der Waals surface area contributed by atoms with Gasteiger partial charge in [-0.1, -0.05) is 24.3 Å². The van der Waals surface area contributed by atoms with Crippen LogP contribution in [0.1, 0.15) is 25.8 Å². The molecule has 1 N–H and O–H groups in total. The number of aliphatic carboxylic acids is 1. The predicted molar refractivity (Wildman–Crippen MR) is 135 cm³/mol. The second-order valence-corrected chi connectivity index (χ2v) is 11.8. The smallest absolute Gasteiger partial charge is 0.486 e. The summed E-state index contributed by atoms with van der Waals surface area (Å²) < 4.78 is 117. The van der Waals surface area contributed by atoms with Crippen molar-refractivity contribution < 1.29 is 54.1 Å². The summed E-state index contributed by atoms with van der Waals surface area (Å²) in [6, 6.07) is 12.2. The molecule has 0 aromatic heterocycles. The van der Waals surface area contributed by atoms with E-state index in [4.69, 9.17) is 4.74 Å². The molecule has 0 radical (unpaired) electrons. The van der Waals surface area contributed by atoms with E-state index in [0.717, 1.165) is 34.6 Å². The number of benzene rings is 3. The maximum absolute atomic E-state index is 13.8. The first-order chi connectivity index (χ1) is 18.9. The fourth-order valence-electron chi connectivity index (χ4n) is 4.31. The molecule has 1 aliphatic heterocycles. The molecular weight excluding hydrogens is 580 g/mol. The quantitative estimate of drug-likeness (QED) is 0.301. The van der Waals surface area contributed by atoms with Gasteiger partial charge < -0.3 is 14.6 Å². The van der Waals surface area contributed by atoms with Gasteiger partial charge in [-0.25, -0.2) is 8.42 Å². The van der Waals surface area contributed by atoms with Crippen LogP contribution in [0.5, 0.6) is 11.5 Å². The largest absolute Gasteiger partial charge is 0.573 e. The molecule has 1 atom stereocenters. The fourth-order valence-corrected chi connectivity index (χ4v) is 5.86. The Morgan fingerprint density at radius 1 is 0.976 bits per heavy atom. The molecule has 41 heavy (non-hydrogen) atoms. The van der Waals surface area contributed by atoms with Gasteiger partial charge in [-0.15, -0.1) is 13.2 Å². The van der Waals surface area contributed by atoms with Crippen molar-refractivity contribution in [3.63, 3.8) is 0 Å². The summed E-state index contributed by atoms with van der Waals surface area (Å²) >= 11 is 0. The topological polar surface area (TPSA) is 93.1 Å². The van der Waals surface area contributed by atoms with Crippen LogP contribution in [0, 0.1) is 5.41 Å². The molecule has 3 aromatic carbocycles. The van der Waals surface area contributed by atoms with Gasteiger partial charge in [0.2, 0.25) is 0 Å². The van der Waals surface area contributed by atoms with Gasteiger partial charge in [-0.2, -0.15) is 13.2 Å². The second-order valence-electron chi connectivity index (χ2n) is 9.95. The fraction of sp³-hybridized carbons (Fsp3) is 0.296. The summed E-state index contributed by atoms with van der Waals surface area (Å²) in [5.74, 6) is -1.70. The van der Waals surface area contributed by atoms with E-state index in [2.05, 4.69) is 4.74 Å². The zero-order valence-electron chi connectivity index (χ0n) is 21.5. The van der Waals surface area contributed by atoms with Gasteiger partial charge in [0, 0.05) is 6.42 Å². The van der Waals surface area contributed by atoms with Crippen LogP contribution in [0.4, 0.5) is 32.0 Å². The zero-order valence-corrected chi connectivity index (χ0v) is 22.3. The van der Waals surface area contributed by atoms with Crippen molar-refractivity contribution in [3.8, 4) is 22.6 Å². The number of carbonyl (C=O) groups is 1. The van der Waals surface area contributed by atoms with Crippen molar-refractivity contribution in [1.29, 1.82) is 0 Å². The van der Waals surface area contributed by atoms with Crippen molar-refractivity contribution in [2.75, 3.05) is 10.8 Å². The highest BCUT2D eigenvalue weighted by Gasteiger charge is 2.40. The van der Waals surface area contributed by atoms with Gasteiger partial charge in [-0.3, -0.25) is 9.10 Å². The third-order valence-corrected chi connectivity index (χ3v) is 8.13. The lowest BCUT2D eigenvalue weighted by Crippen LogP contribution is -2.46. The minimum atomic E-state index is -4.95. The maximum Gasteiger partial charge on any atom is 0.573 e. The normalized spacial score (nSPS) is 16.1. The monoisotopic (exact) mass is 603 g/mol. The van der Waals surface area contributed by atoms with E-state index in [-0.39, 0.29) is 29.0 Å². The molecule has 1 heterocycles. The van der Waals surface area contributed by atoms with Crippen molar-refractivity contribution in [1.82, 2.24) is 0 Å². The first-order valence-corrected chi connectivity index (χ1v) is 13.4. The molecule has 220 valence electrons. The van der Waals surface area contributed by atoms with Gasteiger partial charge in [0.25, 0.3) is 10.0 Å². The van der Waals surface area contributed by atoms with E-state index in [1.54, 1.807) is 0 Å². The van der Waals surface area contributed by atoms with E-state index >= 15 is 0 Å². The Morgan fingerprint density at radius 3 is 2.27 bits per heavy atom. The Hall–Kier alpha value is -3.94. The molecule has 14 heteroatoms. The Bertz CT molecular complexity index is 1570. The number of sulfonamides is 1. The number of hydrogen-bond acceptors (Lipinski definition) is 5. The lowest BCUT2D eigenvalue weighted by atomic mass is 9.86.